The molecule has 0 bridgehead atoms. The Kier molecular flexibility index (Phi) is 7.16. The van der Waals surface area contributed by atoms with Crippen molar-refractivity contribution < 1.29 is 4.74 Å². The van der Waals surface area contributed by atoms with E-state index in [0.29, 0.717) is 6.04 Å². The van der Waals surface area contributed by atoms with Crippen LogP contribution in [0.4, 0.5) is 0 Å². The summed E-state index contributed by atoms with van der Waals surface area (Å²) < 4.78 is 5.37. The van der Waals surface area contributed by atoms with Crippen molar-refractivity contribution >= 4 is 17.3 Å². The molecule has 0 amide bonds. The van der Waals surface area contributed by atoms with Crippen LogP contribution >= 0.6 is 12.2 Å². The smallest absolute Gasteiger partial charge is 0.169 e. The third-order valence-corrected chi connectivity index (χ3v) is 4.62. The number of likely N-dealkylation sites (N-methyl/N-ethyl adjacent to an activating group) is 1. The van der Waals surface area contributed by atoms with E-state index in [1.807, 2.05) is 0 Å². The minimum absolute atomic E-state index is 0.583. The molecule has 6 heteroatoms. The molecule has 2 aliphatic heterocycles. The first kappa shape index (κ1) is 16.9. The van der Waals surface area contributed by atoms with Crippen molar-refractivity contribution in [2.24, 2.45) is 0 Å². The predicted molar refractivity (Wildman–Crippen MR) is 90.8 cm³/mol. The molecule has 0 aliphatic carbocycles. The van der Waals surface area contributed by atoms with Crippen LogP contribution in [0, 0.1) is 0 Å². The van der Waals surface area contributed by atoms with Gasteiger partial charge in [0.05, 0.1) is 13.2 Å². The molecule has 0 saturated carbocycles. The van der Waals surface area contributed by atoms with Gasteiger partial charge in [0.1, 0.15) is 0 Å². The van der Waals surface area contributed by atoms with E-state index < -0.39 is 0 Å². The van der Waals surface area contributed by atoms with E-state index in [1.54, 1.807) is 0 Å². The molecule has 1 unspecified atom stereocenters. The third-order valence-electron chi connectivity index (χ3n) is 4.24. The van der Waals surface area contributed by atoms with Crippen LogP contribution in [-0.4, -0.2) is 92.4 Å². The number of nitrogens with zero attached hydrogens (tertiary/aromatic N) is 3. The molecule has 1 atom stereocenters. The fraction of sp³-hybridized carbons (Fsp3) is 0.933. The summed E-state index contributed by atoms with van der Waals surface area (Å²) in [7, 11) is 4.27. The van der Waals surface area contributed by atoms with Gasteiger partial charge in [-0.05, 0) is 52.1 Å². The number of morpholine rings is 1. The summed E-state index contributed by atoms with van der Waals surface area (Å²) >= 11 is 5.58. The van der Waals surface area contributed by atoms with Gasteiger partial charge in [-0.1, -0.05) is 0 Å². The van der Waals surface area contributed by atoms with Crippen LogP contribution in [0.15, 0.2) is 0 Å². The summed E-state index contributed by atoms with van der Waals surface area (Å²) in [5.74, 6) is 0. The van der Waals surface area contributed by atoms with Crippen molar-refractivity contribution in [3.63, 3.8) is 0 Å². The highest BCUT2D eigenvalue weighted by molar-refractivity contribution is 7.80. The lowest BCUT2D eigenvalue weighted by atomic mass is 10.2. The van der Waals surface area contributed by atoms with Gasteiger partial charge < -0.3 is 19.9 Å². The average Bonchev–Trinajstić information content (AvgIpc) is 2.92. The first-order chi connectivity index (χ1) is 10.2. The second-order valence-corrected chi connectivity index (χ2v) is 6.68. The van der Waals surface area contributed by atoms with Gasteiger partial charge in [0.2, 0.25) is 0 Å². The molecular weight excluding hydrogens is 284 g/mol. The van der Waals surface area contributed by atoms with Crippen LogP contribution in [0.25, 0.3) is 0 Å². The fourth-order valence-corrected chi connectivity index (χ4v) is 3.48. The molecule has 2 aliphatic rings. The predicted octanol–water partition coefficient (Wildman–Crippen LogP) is 0.609. The van der Waals surface area contributed by atoms with Gasteiger partial charge in [-0.3, -0.25) is 4.90 Å². The van der Waals surface area contributed by atoms with E-state index in [-0.39, 0.29) is 0 Å². The van der Waals surface area contributed by atoms with Gasteiger partial charge in [-0.15, -0.1) is 0 Å². The van der Waals surface area contributed by atoms with Gasteiger partial charge in [-0.2, -0.15) is 0 Å². The van der Waals surface area contributed by atoms with E-state index >= 15 is 0 Å². The van der Waals surface area contributed by atoms with Gasteiger partial charge in [0.15, 0.2) is 5.11 Å². The van der Waals surface area contributed by atoms with Crippen molar-refractivity contribution in [3.05, 3.63) is 0 Å². The minimum atomic E-state index is 0.583. The van der Waals surface area contributed by atoms with E-state index in [4.69, 9.17) is 17.0 Å². The maximum atomic E-state index is 5.58. The molecule has 5 nitrogen and oxygen atoms in total. The minimum Gasteiger partial charge on any atom is -0.379 e. The van der Waals surface area contributed by atoms with E-state index in [1.165, 1.54) is 12.8 Å². The fourth-order valence-electron chi connectivity index (χ4n) is 3.14. The summed E-state index contributed by atoms with van der Waals surface area (Å²) in [4.78, 5) is 7.10. The molecule has 0 aromatic rings. The zero-order valence-corrected chi connectivity index (χ0v) is 14.3. The van der Waals surface area contributed by atoms with Crippen molar-refractivity contribution in [3.8, 4) is 0 Å². The lowest BCUT2D eigenvalue weighted by molar-refractivity contribution is 0.0375. The lowest BCUT2D eigenvalue weighted by Crippen LogP contribution is -2.46. The number of ether oxygens (including phenoxy) is 1. The van der Waals surface area contributed by atoms with Crippen LogP contribution in [0.3, 0.4) is 0 Å². The quantitative estimate of drug-likeness (QED) is 0.571. The molecule has 2 fully saturated rings. The maximum Gasteiger partial charge on any atom is 0.169 e. The lowest BCUT2D eigenvalue weighted by Gasteiger charge is -2.30. The molecule has 1 N–H and O–H groups in total. The summed E-state index contributed by atoms with van der Waals surface area (Å²) in [6, 6.07) is 0.583. The first-order valence-corrected chi connectivity index (χ1v) is 8.57. The largest absolute Gasteiger partial charge is 0.379 e. The Bertz CT molecular complexity index is 321. The second-order valence-electron chi connectivity index (χ2n) is 6.29. The summed E-state index contributed by atoms with van der Waals surface area (Å²) in [6.45, 7) is 8.21. The van der Waals surface area contributed by atoms with Gasteiger partial charge in [-0.25, -0.2) is 0 Å². The number of rotatable bonds is 6. The molecular formula is C15H30N4OS. The number of hydrogen-bond donors (Lipinski definition) is 1. The van der Waals surface area contributed by atoms with Crippen molar-refractivity contribution in [2.45, 2.75) is 25.3 Å². The van der Waals surface area contributed by atoms with E-state index in [2.05, 4.69) is 34.1 Å². The van der Waals surface area contributed by atoms with E-state index in [9.17, 15) is 0 Å². The van der Waals surface area contributed by atoms with Crippen LogP contribution < -0.4 is 5.32 Å². The molecule has 2 saturated heterocycles. The highest BCUT2D eigenvalue weighted by Gasteiger charge is 2.26. The average molecular weight is 314 g/mol. The summed E-state index contributed by atoms with van der Waals surface area (Å²) in [5.41, 5.74) is 0. The van der Waals surface area contributed by atoms with Crippen LogP contribution in [0.2, 0.25) is 0 Å². The molecule has 2 heterocycles. The Labute approximate surface area is 134 Å². The number of nitrogens with one attached hydrogen (secondary N) is 1. The first-order valence-electron chi connectivity index (χ1n) is 8.16. The summed E-state index contributed by atoms with van der Waals surface area (Å²) in [6.07, 6.45) is 3.66. The Morgan fingerprint density at radius 2 is 2.05 bits per heavy atom. The zero-order chi connectivity index (χ0) is 15.1. The van der Waals surface area contributed by atoms with Crippen molar-refractivity contribution in [1.29, 1.82) is 0 Å². The molecule has 0 radical (unpaired) electrons. The Hall–Kier alpha value is -0.430. The van der Waals surface area contributed by atoms with Gasteiger partial charge >= 0.3 is 0 Å². The van der Waals surface area contributed by atoms with E-state index in [0.717, 1.165) is 64.0 Å². The summed E-state index contributed by atoms with van der Waals surface area (Å²) in [5, 5.41) is 4.39. The Morgan fingerprint density at radius 3 is 2.76 bits per heavy atom. The van der Waals surface area contributed by atoms with Crippen molar-refractivity contribution in [2.75, 3.05) is 66.6 Å². The van der Waals surface area contributed by atoms with Crippen LogP contribution in [0.5, 0.6) is 0 Å². The van der Waals surface area contributed by atoms with Gasteiger partial charge in [0, 0.05) is 38.8 Å². The molecule has 0 aromatic carbocycles. The second kappa shape index (κ2) is 8.88. The monoisotopic (exact) mass is 314 g/mol. The van der Waals surface area contributed by atoms with Gasteiger partial charge in [0.25, 0.3) is 0 Å². The zero-order valence-electron chi connectivity index (χ0n) is 13.5. The molecule has 122 valence electrons. The SMILES string of the molecule is CN(C)CC1CCCN1C(=S)NCCCN1CCOCC1. The standard InChI is InChI=1S/C15H30N4OS/c1-17(2)13-14-5-3-8-19(14)15(21)16-6-4-7-18-9-11-20-12-10-18/h14H,3-13H2,1-2H3,(H,16,21). The number of likely N-dealkylation sites (tertiary alicyclic amines) is 1. The molecule has 21 heavy (non-hydrogen) atoms. The molecule has 0 spiro atoms. The van der Waals surface area contributed by atoms with Crippen LogP contribution in [-0.2, 0) is 4.74 Å². The Balaban J connectivity index is 1.62. The van der Waals surface area contributed by atoms with Crippen LogP contribution in [0.1, 0.15) is 19.3 Å². The highest BCUT2D eigenvalue weighted by Crippen LogP contribution is 2.17. The third kappa shape index (κ3) is 5.70. The Morgan fingerprint density at radius 1 is 1.29 bits per heavy atom. The molecule has 2 rings (SSSR count). The number of hydrogen-bond acceptors (Lipinski definition) is 4. The highest BCUT2D eigenvalue weighted by atomic mass is 32.1. The number of thiocarbonyl (C=S) groups is 1. The topological polar surface area (TPSA) is 31.0 Å². The molecule has 0 aromatic heterocycles. The van der Waals surface area contributed by atoms with Crippen molar-refractivity contribution in [1.82, 2.24) is 20.0 Å². The normalized spacial score (nSPS) is 23.8. The maximum absolute atomic E-state index is 5.58.